The first kappa shape index (κ1) is 16.6. The van der Waals surface area contributed by atoms with Gasteiger partial charge in [-0.15, -0.1) is 0 Å². The van der Waals surface area contributed by atoms with E-state index in [0.717, 1.165) is 25.1 Å². The van der Waals surface area contributed by atoms with Crippen molar-refractivity contribution in [3.8, 4) is 0 Å². The molecule has 1 N–H and O–H groups in total. The number of benzene rings is 1. The van der Waals surface area contributed by atoms with Crippen molar-refractivity contribution in [3.05, 3.63) is 41.2 Å². The molecule has 1 aromatic rings. The summed E-state index contributed by atoms with van der Waals surface area (Å²) in [5.41, 5.74) is 2.11. The number of esters is 1. The standard InChI is InChI=1S/C17H22FNO3/c1-11(4-5-14-10-19-6-7-22-14)16-12(2)8-13(9-15(16)18)17(20)21-3/h8-9,14,19H,1,4-7,10H2,2-3H3/t14-/m0/s1. The summed E-state index contributed by atoms with van der Waals surface area (Å²) >= 11 is 0. The number of rotatable bonds is 5. The van der Waals surface area contributed by atoms with E-state index in [1.165, 1.54) is 13.2 Å². The molecule has 5 heteroatoms. The van der Waals surface area contributed by atoms with E-state index in [4.69, 9.17) is 4.74 Å². The third kappa shape index (κ3) is 3.93. The van der Waals surface area contributed by atoms with Crippen LogP contribution in [0, 0.1) is 12.7 Å². The van der Waals surface area contributed by atoms with Gasteiger partial charge < -0.3 is 14.8 Å². The molecule has 1 atom stereocenters. The molecule has 0 radical (unpaired) electrons. The lowest BCUT2D eigenvalue weighted by Gasteiger charge is -2.24. The highest BCUT2D eigenvalue weighted by Gasteiger charge is 2.18. The number of carbonyl (C=O) groups excluding carboxylic acids is 1. The highest BCUT2D eigenvalue weighted by Crippen LogP contribution is 2.27. The van der Waals surface area contributed by atoms with Gasteiger partial charge in [-0.2, -0.15) is 0 Å². The molecule has 0 spiro atoms. The van der Waals surface area contributed by atoms with Crippen LogP contribution in [0.5, 0.6) is 0 Å². The predicted octanol–water partition coefficient (Wildman–Crippen LogP) is 2.70. The Bertz CT molecular complexity index is 542. The highest BCUT2D eigenvalue weighted by atomic mass is 19.1. The minimum Gasteiger partial charge on any atom is -0.465 e. The fourth-order valence-corrected chi connectivity index (χ4v) is 2.69. The molecule has 0 saturated carbocycles. The molecule has 2 rings (SSSR count). The van der Waals surface area contributed by atoms with Crippen molar-refractivity contribution >= 4 is 11.5 Å². The van der Waals surface area contributed by atoms with Crippen molar-refractivity contribution < 1.29 is 18.7 Å². The molecule has 120 valence electrons. The first-order chi connectivity index (χ1) is 10.5. The maximum absolute atomic E-state index is 14.3. The van der Waals surface area contributed by atoms with E-state index in [0.29, 0.717) is 24.2 Å². The summed E-state index contributed by atoms with van der Waals surface area (Å²) in [5, 5.41) is 3.27. The molecule has 1 aliphatic heterocycles. The van der Waals surface area contributed by atoms with Crippen LogP contribution in [0.4, 0.5) is 4.39 Å². The predicted molar refractivity (Wildman–Crippen MR) is 83.4 cm³/mol. The molecule has 0 bridgehead atoms. The lowest BCUT2D eigenvalue weighted by atomic mass is 9.94. The van der Waals surface area contributed by atoms with E-state index in [2.05, 4.69) is 16.6 Å². The number of nitrogens with one attached hydrogen (secondary N) is 1. The summed E-state index contributed by atoms with van der Waals surface area (Å²) in [7, 11) is 1.28. The van der Waals surface area contributed by atoms with Crippen LogP contribution in [-0.4, -0.2) is 38.9 Å². The van der Waals surface area contributed by atoms with Crippen LogP contribution in [0.15, 0.2) is 18.7 Å². The molecular weight excluding hydrogens is 285 g/mol. The van der Waals surface area contributed by atoms with Gasteiger partial charge in [-0.3, -0.25) is 0 Å². The normalized spacial score (nSPS) is 18.0. The second kappa shape index (κ2) is 7.51. The number of hydrogen-bond donors (Lipinski definition) is 1. The minimum atomic E-state index is -0.541. The van der Waals surface area contributed by atoms with Crippen LogP contribution >= 0.6 is 0 Å². The van der Waals surface area contributed by atoms with Crippen molar-refractivity contribution in [2.45, 2.75) is 25.9 Å². The molecule has 0 unspecified atom stereocenters. The third-order valence-corrected chi connectivity index (χ3v) is 3.83. The van der Waals surface area contributed by atoms with E-state index in [9.17, 15) is 9.18 Å². The number of methoxy groups -OCH3 is 1. The van der Waals surface area contributed by atoms with Crippen LogP contribution in [0.2, 0.25) is 0 Å². The minimum absolute atomic E-state index is 0.142. The Morgan fingerprint density at radius 1 is 1.55 bits per heavy atom. The average molecular weight is 307 g/mol. The van der Waals surface area contributed by atoms with E-state index < -0.39 is 11.8 Å². The summed E-state index contributed by atoms with van der Waals surface area (Å²) in [6, 6.07) is 2.84. The molecular formula is C17H22FNO3. The zero-order valence-corrected chi connectivity index (χ0v) is 13.1. The Hall–Kier alpha value is -1.72. The summed E-state index contributed by atoms with van der Waals surface area (Å²) in [6.07, 6.45) is 1.59. The van der Waals surface area contributed by atoms with Gasteiger partial charge in [0.25, 0.3) is 0 Å². The Labute approximate surface area is 130 Å². The zero-order chi connectivity index (χ0) is 16.1. The average Bonchev–Trinajstić information content (AvgIpc) is 2.52. The molecule has 1 aromatic carbocycles. The first-order valence-electron chi connectivity index (χ1n) is 7.42. The number of ether oxygens (including phenoxy) is 2. The molecule has 0 aromatic heterocycles. The molecule has 0 amide bonds. The fraction of sp³-hybridized carbons (Fsp3) is 0.471. The van der Waals surface area contributed by atoms with Crippen LogP contribution in [0.1, 0.15) is 34.3 Å². The van der Waals surface area contributed by atoms with E-state index >= 15 is 0 Å². The number of carbonyl (C=O) groups is 1. The van der Waals surface area contributed by atoms with Crippen LogP contribution in [0.3, 0.4) is 0 Å². The quantitative estimate of drug-likeness (QED) is 0.850. The Morgan fingerprint density at radius 2 is 2.32 bits per heavy atom. The zero-order valence-electron chi connectivity index (χ0n) is 13.1. The number of hydrogen-bond acceptors (Lipinski definition) is 4. The lowest BCUT2D eigenvalue weighted by Crippen LogP contribution is -2.38. The number of halogens is 1. The second-order valence-electron chi connectivity index (χ2n) is 5.48. The Morgan fingerprint density at radius 3 is 2.91 bits per heavy atom. The number of allylic oxidation sites excluding steroid dienone is 1. The maximum atomic E-state index is 14.3. The number of aryl methyl sites for hydroxylation is 1. The lowest BCUT2D eigenvalue weighted by molar-refractivity contribution is 0.0246. The van der Waals surface area contributed by atoms with Gasteiger partial charge >= 0.3 is 5.97 Å². The largest absolute Gasteiger partial charge is 0.465 e. The molecule has 1 fully saturated rings. The second-order valence-corrected chi connectivity index (χ2v) is 5.48. The first-order valence-corrected chi connectivity index (χ1v) is 7.42. The van der Waals surface area contributed by atoms with Crippen LogP contribution in [-0.2, 0) is 9.47 Å². The van der Waals surface area contributed by atoms with Gasteiger partial charge in [0.2, 0.25) is 0 Å². The SMILES string of the molecule is C=C(CC[C@H]1CNCCO1)c1c(C)cc(C(=O)OC)cc1F. The highest BCUT2D eigenvalue weighted by molar-refractivity contribution is 5.90. The summed E-state index contributed by atoms with van der Waals surface area (Å²) in [5.74, 6) is -0.978. The van der Waals surface area contributed by atoms with Gasteiger partial charge in [-0.25, -0.2) is 9.18 Å². The molecule has 1 saturated heterocycles. The van der Waals surface area contributed by atoms with Gasteiger partial charge in [0.1, 0.15) is 5.82 Å². The molecule has 22 heavy (non-hydrogen) atoms. The smallest absolute Gasteiger partial charge is 0.337 e. The van der Waals surface area contributed by atoms with Crippen molar-refractivity contribution in [1.29, 1.82) is 0 Å². The summed E-state index contributed by atoms with van der Waals surface area (Å²) in [4.78, 5) is 11.5. The Kier molecular flexibility index (Phi) is 5.69. The fourth-order valence-electron chi connectivity index (χ4n) is 2.69. The van der Waals surface area contributed by atoms with Crippen molar-refractivity contribution in [3.63, 3.8) is 0 Å². The van der Waals surface area contributed by atoms with Gasteiger partial charge in [0.15, 0.2) is 0 Å². The van der Waals surface area contributed by atoms with E-state index in [-0.39, 0.29) is 11.7 Å². The summed E-state index contributed by atoms with van der Waals surface area (Å²) in [6.45, 7) is 8.16. The maximum Gasteiger partial charge on any atom is 0.337 e. The van der Waals surface area contributed by atoms with Crippen molar-refractivity contribution in [2.24, 2.45) is 0 Å². The van der Waals surface area contributed by atoms with Gasteiger partial charge in [-0.1, -0.05) is 6.58 Å². The molecule has 4 nitrogen and oxygen atoms in total. The van der Waals surface area contributed by atoms with Gasteiger partial charge in [0, 0.05) is 18.7 Å². The van der Waals surface area contributed by atoms with Gasteiger partial charge in [0.05, 0.1) is 25.4 Å². The van der Waals surface area contributed by atoms with Crippen molar-refractivity contribution in [1.82, 2.24) is 5.32 Å². The molecule has 1 aliphatic rings. The van der Waals surface area contributed by atoms with E-state index in [1.54, 1.807) is 13.0 Å². The topological polar surface area (TPSA) is 47.6 Å². The Balaban J connectivity index is 2.07. The third-order valence-electron chi connectivity index (χ3n) is 3.83. The van der Waals surface area contributed by atoms with Crippen LogP contribution < -0.4 is 5.32 Å². The number of morpholine rings is 1. The monoisotopic (exact) mass is 307 g/mol. The summed E-state index contributed by atoms with van der Waals surface area (Å²) < 4.78 is 24.6. The molecule has 0 aliphatic carbocycles. The van der Waals surface area contributed by atoms with Crippen molar-refractivity contribution in [2.75, 3.05) is 26.8 Å². The van der Waals surface area contributed by atoms with Gasteiger partial charge in [-0.05, 0) is 43.0 Å². The molecule has 1 heterocycles. The van der Waals surface area contributed by atoms with Crippen LogP contribution in [0.25, 0.3) is 5.57 Å². The van der Waals surface area contributed by atoms with E-state index in [1.807, 2.05) is 0 Å².